The molecule has 0 unspecified atom stereocenters. The minimum absolute atomic E-state index is 0.107. The van der Waals surface area contributed by atoms with Crippen LogP contribution in [-0.2, 0) is 10.0 Å². The number of amides is 1. The Balaban J connectivity index is 1.76. The topological polar surface area (TPSA) is 99.7 Å². The zero-order valence-corrected chi connectivity index (χ0v) is 19.4. The lowest BCUT2D eigenvalue weighted by molar-refractivity contribution is 0.0976. The van der Waals surface area contributed by atoms with Gasteiger partial charge in [0.1, 0.15) is 5.82 Å². The third-order valence-corrected chi connectivity index (χ3v) is 6.14. The van der Waals surface area contributed by atoms with E-state index < -0.39 is 21.7 Å². The summed E-state index contributed by atoms with van der Waals surface area (Å²) in [7, 11) is -3.26. The molecule has 2 aromatic carbocycles. The normalized spacial score (nSPS) is 19.4. The Bertz CT molecular complexity index is 1120. The van der Waals surface area contributed by atoms with Crippen LogP contribution >= 0.6 is 11.6 Å². The molecule has 172 valence electrons. The summed E-state index contributed by atoms with van der Waals surface area (Å²) in [4.78, 5) is 17.4. The molecule has 0 radical (unpaired) electrons. The zero-order valence-electron chi connectivity index (χ0n) is 17.9. The van der Waals surface area contributed by atoms with E-state index in [0.717, 1.165) is 6.26 Å². The van der Waals surface area contributed by atoms with Crippen molar-refractivity contribution in [2.45, 2.75) is 44.7 Å². The van der Waals surface area contributed by atoms with Gasteiger partial charge in [-0.25, -0.2) is 22.5 Å². The van der Waals surface area contributed by atoms with Crippen molar-refractivity contribution in [3.8, 4) is 0 Å². The van der Waals surface area contributed by atoms with Gasteiger partial charge in [0.05, 0.1) is 12.3 Å². The van der Waals surface area contributed by atoms with Gasteiger partial charge >= 0.3 is 0 Å². The molecular weight excluding hydrogens is 455 g/mol. The molecule has 1 aliphatic rings. The van der Waals surface area contributed by atoms with Crippen LogP contribution in [0.5, 0.6) is 0 Å². The standard InChI is InChI=1S/C22H26ClFN4O3S/c1-14-6-7-15(12-20(14)24)21(29)27-22(26-19-5-3-4-16(23)13-19)25-17-8-10-18(11-9-17)28-32(2,30)31/h3-7,12-13,17-18,28H,8-11H2,1-2H3,(H2,25,26,27,29). The van der Waals surface area contributed by atoms with Gasteiger partial charge in [-0.05, 0) is 68.5 Å². The number of benzene rings is 2. The van der Waals surface area contributed by atoms with Crippen molar-refractivity contribution in [3.63, 3.8) is 0 Å². The van der Waals surface area contributed by atoms with E-state index in [9.17, 15) is 17.6 Å². The first-order valence-corrected chi connectivity index (χ1v) is 12.5. The van der Waals surface area contributed by atoms with Crippen LogP contribution in [-0.4, -0.2) is 38.6 Å². The van der Waals surface area contributed by atoms with Crippen LogP contribution in [0.3, 0.4) is 0 Å². The fourth-order valence-electron chi connectivity index (χ4n) is 3.52. The van der Waals surface area contributed by atoms with Gasteiger partial charge in [0, 0.05) is 22.3 Å². The summed E-state index contributed by atoms with van der Waals surface area (Å²) in [6.07, 6.45) is 3.74. The molecular formula is C22H26ClFN4O3S. The van der Waals surface area contributed by atoms with Crippen LogP contribution in [0.15, 0.2) is 47.5 Å². The van der Waals surface area contributed by atoms with Crippen molar-refractivity contribution in [1.82, 2.24) is 10.0 Å². The maximum absolute atomic E-state index is 13.9. The van der Waals surface area contributed by atoms with E-state index in [1.165, 1.54) is 6.07 Å². The largest absolute Gasteiger partial charge is 0.326 e. The number of hydrogen-bond donors (Lipinski definition) is 3. The lowest BCUT2D eigenvalue weighted by Gasteiger charge is -2.27. The van der Waals surface area contributed by atoms with E-state index >= 15 is 0 Å². The number of nitrogens with zero attached hydrogens (tertiary/aromatic N) is 1. The van der Waals surface area contributed by atoms with E-state index in [4.69, 9.17) is 11.6 Å². The summed E-state index contributed by atoms with van der Waals surface area (Å²) in [6.45, 7) is 1.62. The molecule has 1 fully saturated rings. The third-order valence-electron chi connectivity index (χ3n) is 5.14. The monoisotopic (exact) mass is 480 g/mol. The second-order valence-corrected chi connectivity index (χ2v) is 10.1. The van der Waals surface area contributed by atoms with E-state index in [2.05, 4.69) is 20.3 Å². The molecule has 3 rings (SSSR count). The van der Waals surface area contributed by atoms with Crippen molar-refractivity contribution < 1.29 is 17.6 Å². The summed E-state index contributed by atoms with van der Waals surface area (Å²) in [5, 5.41) is 6.32. The number of aliphatic imine (C=N–C) groups is 1. The number of carbonyl (C=O) groups is 1. The van der Waals surface area contributed by atoms with Crippen molar-refractivity contribution in [1.29, 1.82) is 0 Å². The maximum atomic E-state index is 13.9. The fraction of sp³-hybridized carbons (Fsp3) is 0.364. The number of hydrogen-bond acceptors (Lipinski definition) is 4. The molecule has 0 atom stereocenters. The quantitative estimate of drug-likeness (QED) is 0.447. The molecule has 1 saturated carbocycles. The SMILES string of the molecule is Cc1ccc(C(=O)NC(=NC2CCC(NS(C)(=O)=O)CC2)Nc2cccc(Cl)c2)cc1F. The maximum Gasteiger partial charge on any atom is 0.258 e. The van der Waals surface area contributed by atoms with E-state index in [1.54, 1.807) is 43.3 Å². The average Bonchev–Trinajstić information content (AvgIpc) is 2.70. The van der Waals surface area contributed by atoms with E-state index in [1.807, 2.05) is 0 Å². The highest BCUT2D eigenvalue weighted by molar-refractivity contribution is 7.88. The molecule has 1 aliphatic carbocycles. The van der Waals surface area contributed by atoms with Crippen LogP contribution in [0.4, 0.5) is 10.1 Å². The molecule has 3 N–H and O–H groups in total. The Hall–Kier alpha value is -2.49. The predicted octanol–water partition coefficient (Wildman–Crippen LogP) is 3.85. The van der Waals surface area contributed by atoms with Crippen LogP contribution in [0.2, 0.25) is 5.02 Å². The number of rotatable bonds is 5. The number of guanidine groups is 1. The van der Waals surface area contributed by atoms with Gasteiger partial charge in [-0.2, -0.15) is 0 Å². The minimum Gasteiger partial charge on any atom is -0.326 e. The number of carbonyl (C=O) groups excluding carboxylic acids is 1. The van der Waals surface area contributed by atoms with Gasteiger partial charge in [-0.15, -0.1) is 0 Å². The zero-order chi connectivity index (χ0) is 23.3. The first kappa shape index (κ1) is 24.2. The Morgan fingerprint density at radius 2 is 1.84 bits per heavy atom. The number of halogens is 2. The summed E-state index contributed by atoms with van der Waals surface area (Å²) >= 11 is 6.06. The molecule has 0 heterocycles. The molecule has 0 saturated heterocycles. The van der Waals surface area contributed by atoms with Gasteiger partial charge in [0.15, 0.2) is 0 Å². The van der Waals surface area contributed by atoms with Crippen LogP contribution in [0, 0.1) is 12.7 Å². The number of sulfonamides is 1. The molecule has 0 aromatic heterocycles. The highest BCUT2D eigenvalue weighted by Crippen LogP contribution is 2.22. The van der Waals surface area contributed by atoms with Crippen LogP contribution in [0.1, 0.15) is 41.6 Å². The Morgan fingerprint density at radius 3 is 2.47 bits per heavy atom. The van der Waals surface area contributed by atoms with Gasteiger partial charge in [0.2, 0.25) is 16.0 Å². The Morgan fingerprint density at radius 1 is 1.12 bits per heavy atom. The summed E-state index contributed by atoms with van der Waals surface area (Å²) in [5.41, 5.74) is 1.26. The molecule has 1 amide bonds. The summed E-state index contributed by atoms with van der Waals surface area (Å²) in [5.74, 6) is -0.738. The van der Waals surface area contributed by atoms with Gasteiger partial charge < -0.3 is 5.32 Å². The molecule has 10 heteroatoms. The third kappa shape index (κ3) is 7.29. The highest BCUT2D eigenvalue weighted by atomic mass is 35.5. The van der Waals surface area contributed by atoms with Crippen LogP contribution in [0.25, 0.3) is 0 Å². The summed E-state index contributed by atoms with van der Waals surface area (Å²) in [6, 6.07) is 11.0. The van der Waals surface area contributed by atoms with Crippen molar-refractivity contribution in [3.05, 3.63) is 64.4 Å². The van der Waals surface area contributed by atoms with Gasteiger partial charge in [0.25, 0.3) is 5.91 Å². The fourth-order valence-corrected chi connectivity index (χ4v) is 4.55. The second kappa shape index (κ2) is 10.4. The molecule has 0 spiro atoms. The Kier molecular flexibility index (Phi) is 7.86. The predicted molar refractivity (Wildman–Crippen MR) is 125 cm³/mol. The molecule has 2 aromatic rings. The van der Waals surface area contributed by atoms with Crippen molar-refractivity contribution in [2.75, 3.05) is 11.6 Å². The first-order chi connectivity index (χ1) is 15.1. The van der Waals surface area contributed by atoms with Gasteiger partial charge in [-0.1, -0.05) is 23.7 Å². The van der Waals surface area contributed by atoms with E-state index in [-0.39, 0.29) is 23.6 Å². The Labute approximate surface area is 192 Å². The van der Waals surface area contributed by atoms with E-state index in [0.29, 0.717) is 42.0 Å². The molecule has 0 bridgehead atoms. The average molecular weight is 481 g/mol. The lowest BCUT2D eigenvalue weighted by atomic mass is 9.92. The number of anilines is 1. The molecule has 32 heavy (non-hydrogen) atoms. The van der Waals surface area contributed by atoms with Crippen LogP contribution < -0.4 is 15.4 Å². The second-order valence-electron chi connectivity index (χ2n) is 7.93. The highest BCUT2D eigenvalue weighted by Gasteiger charge is 2.24. The van der Waals surface area contributed by atoms with Crippen molar-refractivity contribution in [2.24, 2.45) is 4.99 Å². The smallest absolute Gasteiger partial charge is 0.258 e. The minimum atomic E-state index is -3.26. The number of nitrogens with one attached hydrogen (secondary N) is 3. The molecule has 0 aliphatic heterocycles. The lowest BCUT2D eigenvalue weighted by Crippen LogP contribution is -2.40. The summed E-state index contributed by atoms with van der Waals surface area (Å²) < 4.78 is 39.4. The first-order valence-electron chi connectivity index (χ1n) is 10.2. The molecule has 7 nitrogen and oxygen atoms in total. The number of aryl methyl sites for hydroxylation is 1. The van der Waals surface area contributed by atoms with Crippen molar-refractivity contribution >= 4 is 39.2 Å². The van der Waals surface area contributed by atoms with Gasteiger partial charge in [-0.3, -0.25) is 10.1 Å².